The molecule has 2 atom stereocenters. The van der Waals surface area contributed by atoms with E-state index in [9.17, 15) is 19.8 Å². The first-order valence-corrected chi connectivity index (χ1v) is 5.32. The van der Waals surface area contributed by atoms with E-state index in [0.29, 0.717) is 6.29 Å². The minimum Gasteiger partial charge on any atom is -0.496 e. The van der Waals surface area contributed by atoms with Crippen LogP contribution in [0, 0.1) is 0 Å². The van der Waals surface area contributed by atoms with Crippen LogP contribution in [-0.2, 0) is 4.79 Å². The molecule has 4 N–H and O–H groups in total. The molecule has 0 saturated heterocycles. The lowest BCUT2D eigenvalue weighted by atomic mass is 10.0. The summed E-state index contributed by atoms with van der Waals surface area (Å²) in [4.78, 5) is 21.7. The molecule has 1 amide bonds. The van der Waals surface area contributed by atoms with Gasteiger partial charge in [0.25, 0.3) is 0 Å². The molecule has 7 heteroatoms. The van der Waals surface area contributed by atoms with E-state index in [0.717, 1.165) is 0 Å². The fourth-order valence-electron chi connectivity index (χ4n) is 1.59. The third kappa shape index (κ3) is 3.01. The van der Waals surface area contributed by atoms with Crippen molar-refractivity contribution < 1.29 is 29.3 Å². The molecule has 104 valence electrons. The molecule has 0 fully saturated rings. The molecule has 0 aliphatic rings. The van der Waals surface area contributed by atoms with E-state index in [1.807, 2.05) is 0 Å². The van der Waals surface area contributed by atoms with Crippen molar-refractivity contribution in [2.45, 2.75) is 12.2 Å². The predicted molar refractivity (Wildman–Crippen MR) is 65.1 cm³/mol. The summed E-state index contributed by atoms with van der Waals surface area (Å²) in [6.07, 6.45) is -2.81. The van der Waals surface area contributed by atoms with Gasteiger partial charge < -0.3 is 25.4 Å². The first kappa shape index (κ1) is 14.9. The molecule has 0 heterocycles. The summed E-state index contributed by atoms with van der Waals surface area (Å²) in [5.74, 6) is -0.759. The van der Waals surface area contributed by atoms with Crippen LogP contribution in [0.5, 0.6) is 11.5 Å². The second-order valence-corrected chi connectivity index (χ2v) is 3.75. The molecule has 1 rings (SSSR count). The van der Waals surface area contributed by atoms with Gasteiger partial charge in [0, 0.05) is 5.56 Å². The number of amides is 1. The molecule has 0 aromatic heterocycles. The van der Waals surface area contributed by atoms with E-state index in [1.165, 1.54) is 26.4 Å². The van der Waals surface area contributed by atoms with E-state index in [2.05, 4.69) is 0 Å². The molecule has 1 aromatic rings. The number of rotatable bonds is 6. The molecular weight excluding hydrogens is 254 g/mol. The predicted octanol–water partition coefficient (Wildman–Crippen LogP) is -0.604. The molecule has 0 radical (unpaired) electrons. The number of hydrogen-bond donors (Lipinski definition) is 3. The lowest BCUT2D eigenvalue weighted by Gasteiger charge is -2.19. The standard InChI is InChI=1S/C12H15NO6/c1-18-8-4-7(10(15)11(16)12(13)17)9(19-2)3-6(8)5-14/h3-5,10-11,15-16H,1-2H3,(H2,13,17). The van der Waals surface area contributed by atoms with Crippen LogP contribution >= 0.6 is 0 Å². The van der Waals surface area contributed by atoms with Gasteiger partial charge in [-0.05, 0) is 12.1 Å². The summed E-state index contributed by atoms with van der Waals surface area (Å²) in [5.41, 5.74) is 5.22. The molecule has 0 bridgehead atoms. The highest BCUT2D eigenvalue weighted by atomic mass is 16.5. The molecule has 0 spiro atoms. The third-order valence-corrected chi connectivity index (χ3v) is 2.62. The van der Waals surface area contributed by atoms with E-state index in [1.54, 1.807) is 0 Å². The van der Waals surface area contributed by atoms with Crippen molar-refractivity contribution in [3.8, 4) is 11.5 Å². The maximum atomic E-state index is 10.9. The Morgan fingerprint density at radius 1 is 1.26 bits per heavy atom. The highest BCUT2D eigenvalue weighted by Gasteiger charge is 2.27. The normalized spacial score (nSPS) is 13.5. The van der Waals surface area contributed by atoms with Crippen molar-refractivity contribution in [1.29, 1.82) is 0 Å². The Hall–Kier alpha value is -2.12. The largest absolute Gasteiger partial charge is 0.496 e. The Bertz CT molecular complexity index is 487. The summed E-state index contributed by atoms with van der Waals surface area (Å²) in [6, 6.07) is 2.64. The van der Waals surface area contributed by atoms with Crippen LogP contribution in [0.15, 0.2) is 12.1 Å². The van der Waals surface area contributed by atoms with Gasteiger partial charge in [-0.15, -0.1) is 0 Å². The monoisotopic (exact) mass is 269 g/mol. The number of hydrogen-bond acceptors (Lipinski definition) is 6. The number of nitrogens with two attached hydrogens (primary N) is 1. The Morgan fingerprint density at radius 3 is 2.26 bits per heavy atom. The van der Waals surface area contributed by atoms with Crippen LogP contribution in [0.25, 0.3) is 0 Å². The number of benzene rings is 1. The smallest absolute Gasteiger partial charge is 0.249 e. The first-order chi connectivity index (χ1) is 8.96. The molecule has 1 aromatic carbocycles. The van der Waals surface area contributed by atoms with E-state index >= 15 is 0 Å². The zero-order valence-electron chi connectivity index (χ0n) is 10.5. The van der Waals surface area contributed by atoms with Crippen LogP contribution in [0.1, 0.15) is 22.0 Å². The van der Waals surface area contributed by atoms with Crippen molar-refractivity contribution in [1.82, 2.24) is 0 Å². The first-order valence-electron chi connectivity index (χ1n) is 5.32. The van der Waals surface area contributed by atoms with Crippen molar-refractivity contribution in [2.75, 3.05) is 14.2 Å². The van der Waals surface area contributed by atoms with Gasteiger partial charge in [-0.25, -0.2) is 0 Å². The quantitative estimate of drug-likeness (QED) is 0.593. The van der Waals surface area contributed by atoms with Crippen LogP contribution in [0.3, 0.4) is 0 Å². The highest BCUT2D eigenvalue weighted by Crippen LogP contribution is 2.33. The van der Waals surface area contributed by atoms with Crippen LogP contribution in [0.2, 0.25) is 0 Å². The zero-order valence-corrected chi connectivity index (χ0v) is 10.5. The lowest BCUT2D eigenvalue weighted by Crippen LogP contribution is -2.34. The number of aliphatic hydroxyl groups is 2. The molecule has 2 unspecified atom stereocenters. The van der Waals surface area contributed by atoms with Crippen molar-refractivity contribution >= 4 is 12.2 Å². The van der Waals surface area contributed by atoms with Crippen molar-refractivity contribution in [3.05, 3.63) is 23.3 Å². The number of carbonyl (C=O) groups excluding carboxylic acids is 2. The summed E-state index contributed by atoms with van der Waals surface area (Å²) in [7, 11) is 2.67. The number of ether oxygens (including phenoxy) is 2. The van der Waals surface area contributed by atoms with E-state index in [4.69, 9.17) is 15.2 Å². The molecule has 0 saturated carbocycles. The maximum Gasteiger partial charge on any atom is 0.249 e. The highest BCUT2D eigenvalue weighted by molar-refractivity contribution is 5.82. The van der Waals surface area contributed by atoms with Gasteiger partial charge >= 0.3 is 0 Å². The Morgan fingerprint density at radius 2 is 1.84 bits per heavy atom. The van der Waals surface area contributed by atoms with Crippen LogP contribution in [-0.4, -0.2) is 42.7 Å². The molecular formula is C12H15NO6. The van der Waals surface area contributed by atoms with Gasteiger partial charge in [-0.1, -0.05) is 0 Å². The summed E-state index contributed by atoms with van der Waals surface area (Å²) in [6.45, 7) is 0. The maximum absolute atomic E-state index is 10.9. The Labute approximate surface area is 109 Å². The Balaban J connectivity index is 3.33. The number of methoxy groups -OCH3 is 2. The lowest BCUT2D eigenvalue weighted by molar-refractivity contribution is -0.132. The van der Waals surface area contributed by atoms with Gasteiger partial charge in [-0.3, -0.25) is 9.59 Å². The minimum atomic E-state index is -1.79. The summed E-state index contributed by atoms with van der Waals surface area (Å²) in [5, 5.41) is 19.3. The van der Waals surface area contributed by atoms with Gasteiger partial charge in [0.1, 0.15) is 17.6 Å². The second kappa shape index (κ2) is 6.17. The van der Waals surface area contributed by atoms with Gasteiger partial charge in [-0.2, -0.15) is 0 Å². The number of aliphatic hydroxyl groups excluding tert-OH is 2. The average Bonchev–Trinajstić information content (AvgIpc) is 2.43. The third-order valence-electron chi connectivity index (χ3n) is 2.62. The SMILES string of the molecule is COc1cc(C(O)C(O)C(N)=O)c(OC)cc1C=O. The zero-order chi connectivity index (χ0) is 14.6. The fourth-order valence-corrected chi connectivity index (χ4v) is 1.59. The van der Waals surface area contributed by atoms with Crippen molar-refractivity contribution in [3.63, 3.8) is 0 Å². The van der Waals surface area contributed by atoms with Crippen LogP contribution < -0.4 is 15.2 Å². The van der Waals surface area contributed by atoms with Gasteiger partial charge in [0.2, 0.25) is 5.91 Å². The molecule has 0 aliphatic heterocycles. The van der Waals surface area contributed by atoms with Gasteiger partial charge in [0.15, 0.2) is 12.4 Å². The second-order valence-electron chi connectivity index (χ2n) is 3.75. The summed E-state index contributed by atoms with van der Waals surface area (Å²) < 4.78 is 9.97. The van der Waals surface area contributed by atoms with Crippen molar-refractivity contribution in [2.24, 2.45) is 5.73 Å². The molecule has 0 aliphatic carbocycles. The Kier molecular flexibility index (Phi) is 4.85. The number of aldehydes is 1. The molecule has 7 nitrogen and oxygen atoms in total. The number of carbonyl (C=O) groups is 2. The average molecular weight is 269 g/mol. The van der Waals surface area contributed by atoms with E-state index in [-0.39, 0.29) is 22.6 Å². The topological polar surface area (TPSA) is 119 Å². The molecule has 19 heavy (non-hydrogen) atoms. The number of primary amides is 1. The fraction of sp³-hybridized carbons (Fsp3) is 0.333. The minimum absolute atomic E-state index is 0.0938. The van der Waals surface area contributed by atoms with Gasteiger partial charge in [0.05, 0.1) is 19.8 Å². The van der Waals surface area contributed by atoms with Crippen LogP contribution in [0.4, 0.5) is 0 Å². The van der Waals surface area contributed by atoms with E-state index < -0.39 is 18.1 Å². The summed E-state index contributed by atoms with van der Waals surface area (Å²) >= 11 is 0.